The molecule has 8 heteroatoms. The number of para-hydroxylation sites is 1. The lowest BCUT2D eigenvalue weighted by atomic mass is 10.1. The Morgan fingerprint density at radius 3 is 2.52 bits per heavy atom. The highest BCUT2D eigenvalue weighted by Crippen LogP contribution is 2.31. The van der Waals surface area contributed by atoms with Crippen molar-refractivity contribution < 1.29 is 27.5 Å². The van der Waals surface area contributed by atoms with E-state index in [0.717, 1.165) is 18.6 Å². The van der Waals surface area contributed by atoms with Crippen LogP contribution in [0.3, 0.4) is 0 Å². The number of amides is 1. The molecular formula is C19H19F3N2O3. The maximum atomic E-state index is 12.8. The van der Waals surface area contributed by atoms with E-state index in [0.29, 0.717) is 6.54 Å². The summed E-state index contributed by atoms with van der Waals surface area (Å²) in [4.78, 5) is 23.8. The molecule has 0 saturated carbocycles. The summed E-state index contributed by atoms with van der Waals surface area (Å²) in [5, 5.41) is 5.36. The molecule has 0 fully saturated rings. The van der Waals surface area contributed by atoms with E-state index in [2.05, 4.69) is 10.6 Å². The standard InChI is InChI=1S/C19H19F3N2O3/c1-2-10-23-17(25)12-27-18(26)15-8-3-4-9-16(15)24-14-7-5-6-13(11-14)19(20,21)22/h3-9,11,24H,2,10,12H2,1H3,(H,23,25). The number of ether oxygens (including phenoxy) is 1. The molecule has 0 aliphatic heterocycles. The number of hydrogen-bond acceptors (Lipinski definition) is 4. The first-order chi connectivity index (χ1) is 12.8. The molecule has 0 spiro atoms. The van der Waals surface area contributed by atoms with Gasteiger partial charge in [0.25, 0.3) is 5.91 Å². The molecule has 0 unspecified atom stereocenters. The average molecular weight is 380 g/mol. The summed E-state index contributed by atoms with van der Waals surface area (Å²) in [6.45, 7) is 1.93. The zero-order valence-corrected chi connectivity index (χ0v) is 14.6. The molecule has 0 atom stereocenters. The van der Waals surface area contributed by atoms with Gasteiger partial charge in [-0.1, -0.05) is 25.1 Å². The molecular weight excluding hydrogens is 361 g/mol. The molecule has 0 aromatic heterocycles. The van der Waals surface area contributed by atoms with E-state index in [1.54, 1.807) is 12.1 Å². The van der Waals surface area contributed by atoms with Crippen molar-refractivity contribution in [1.29, 1.82) is 0 Å². The van der Waals surface area contributed by atoms with E-state index in [1.165, 1.54) is 24.3 Å². The van der Waals surface area contributed by atoms with Crippen LogP contribution in [-0.4, -0.2) is 25.0 Å². The maximum absolute atomic E-state index is 12.8. The summed E-state index contributed by atoms with van der Waals surface area (Å²) in [6, 6.07) is 10.8. The van der Waals surface area contributed by atoms with E-state index >= 15 is 0 Å². The molecule has 2 N–H and O–H groups in total. The van der Waals surface area contributed by atoms with Crippen LogP contribution in [0, 0.1) is 0 Å². The number of nitrogens with one attached hydrogen (secondary N) is 2. The molecule has 144 valence electrons. The van der Waals surface area contributed by atoms with Crippen molar-refractivity contribution in [3.8, 4) is 0 Å². The van der Waals surface area contributed by atoms with Crippen LogP contribution in [0.15, 0.2) is 48.5 Å². The van der Waals surface area contributed by atoms with Crippen LogP contribution in [-0.2, 0) is 15.7 Å². The first-order valence-electron chi connectivity index (χ1n) is 8.28. The van der Waals surface area contributed by atoms with Gasteiger partial charge in [0.05, 0.1) is 16.8 Å². The van der Waals surface area contributed by atoms with Crippen LogP contribution in [0.25, 0.3) is 0 Å². The van der Waals surface area contributed by atoms with Gasteiger partial charge in [0.15, 0.2) is 6.61 Å². The number of benzene rings is 2. The molecule has 0 saturated heterocycles. The number of carbonyl (C=O) groups excluding carboxylic acids is 2. The van der Waals surface area contributed by atoms with Crippen LogP contribution in [0.1, 0.15) is 29.3 Å². The van der Waals surface area contributed by atoms with Crippen LogP contribution in [0.5, 0.6) is 0 Å². The second kappa shape index (κ2) is 9.07. The summed E-state index contributed by atoms with van der Waals surface area (Å²) in [7, 11) is 0. The molecule has 1 amide bonds. The highest BCUT2D eigenvalue weighted by molar-refractivity contribution is 5.97. The summed E-state index contributed by atoms with van der Waals surface area (Å²) in [5.74, 6) is -1.18. The second-order valence-corrected chi connectivity index (χ2v) is 5.68. The Hall–Kier alpha value is -3.03. The third kappa shape index (κ3) is 6.02. The molecule has 2 aromatic rings. The molecule has 0 aliphatic rings. The average Bonchev–Trinajstić information content (AvgIpc) is 2.64. The van der Waals surface area contributed by atoms with E-state index < -0.39 is 30.2 Å². The number of carbonyl (C=O) groups is 2. The predicted molar refractivity (Wildman–Crippen MR) is 94.8 cm³/mol. The number of alkyl halides is 3. The first kappa shape index (κ1) is 20.3. The number of esters is 1. The van der Waals surface area contributed by atoms with Gasteiger partial charge in [-0.05, 0) is 36.8 Å². The zero-order chi connectivity index (χ0) is 19.9. The minimum atomic E-state index is -4.47. The zero-order valence-electron chi connectivity index (χ0n) is 14.6. The molecule has 0 bridgehead atoms. The number of hydrogen-bond donors (Lipinski definition) is 2. The summed E-state index contributed by atoms with van der Waals surface area (Å²) < 4.78 is 43.5. The topological polar surface area (TPSA) is 67.4 Å². The monoisotopic (exact) mass is 380 g/mol. The summed E-state index contributed by atoms with van der Waals surface area (Å²) in [6.07, 6.45) is -3.72. The first-order valence-corrected chi connectivity index (χ1v) is 8.28. The molecule has 0 radical (unpaired) electrons. The predicted octanol–water partition coefficient (Wildman–Crippen LogP) is 4.13. The van der Waals surface area contributed by atoms with Gasteiger partial charge in [0.1, 0.15) is 0 Å². The SMILES string of the molecule is CCCNC(=O)COC(=O)c1ccccc1Nc1cccc(C(F)(F)F)c1. The molecule has 5 nitrogen and oxygen atoms in total. The van der Waals surface area contributed by atoms with Crippen LogP contribution >= 0.6 is 0 Å². The highest BCUT2D eigenvalue weighted by Gasteiger charge is 2.30. The van der Waals surface area contributed by atoms with Crippen LogP contribution in [0.4, 0.5) is 24.5 Å². The van der Waals surface area contributed by atoms with E-state index in [1.807, 2.05) is 6.92 Å². The van der Waals surface area contributed by atoms with Gasteiger partial charge in [-0.15, -0.1) is 0 Å². The van der Waals surface area contributed by atoms with Crippen molar-refractivity contribution in [1.82, 2.24) is 5.32 Å². The summed E-state index contributed by atoms with van der Waals surface area (Å²) >= 11 is 0. The Balaban J connectivity index is 2.12. The minimum Gasteiger partial charge on any atom is -0.452 e. The fourth-order valence-electron chi connectivity index (χ4n) is 2.22. The smallest absolute Gasteiger partial charge is 0.416 e. The van der Waals surface area contributed by atoms with Gasteiger partial charge < -0.3 is 15.4 Å². The Morgan fingerprint density at radius 2 is 1.81 bits per heavy atom. The Bertz CT molecular complexity index is 807. The van der Waals surface area contributed by atoms with Crippen LogP contribution < -0.4 is 10.6 Å². The van der Waals surface area contributed by atoms with Gasteiger partial charge in [-0.3, -0.25) is 4.79 Å². The van der Waals surface area contributed by atoms with Crippen molar-refractivity contribution in [2.45, 2.75) is 19.5 Å². The van der Waals surface area contributed by atoms with E-state index in [9.17, 15) is 22.8 Å². The van der Waals surface area contributed by atoms with E-state index in [4.69, 9.17) is 4.74 Å². The fraction of sp³-hybridized carbons (Fsp3) is 0.263. The normalized spacial score (nSPS) is 11.0. The van der Waals surface area contributed by atoms with E-state index in [-0.39, 0.29) is 16.9 Å². The largest absolute Gasteiger partial charge is 0.452 e. The lowest BCUT2D eigenvalue weighted by Gasteiger charge is -2.13. The minimum absolute atomic E-state index is 0.109. The molecule has 0 heterocycles. The molecule has 2 rings (SSSR count). The Labute approximate surface area is 154 Å². The van der Waals surface area contributed by atoms with Crippen LogP contribution in [0.2, 0.25) is 0 Å². The molecule has 0 aliphatic carbocycles. The highest BCUT2D eigenvalue weighted by atomic mass is 19.4. The van der Waals surface area contributed by atoms with Gasteiger partial charge in [-0.25, -0.2) is 4.79 Å². The van der Waals surface area contributed by atoms with Gasteiger partial charge in [-0.2, -0.15) is 13.2 Å². The fourth-order valence-corrected chi connectivity index (χ4v) is 2.22. The van der Waals surface area contributed by atoms with Gasteiger partial charge in [0, 0.05) is 12.2 Å². The van der Waals surface area contributed by atoms with Crippen molar-refractivity contribution >= 4 is 23.3 Å². The van der Waals surface area contributed by atoms with Gasteiger partial charge >= 0.3 is 12.1 Å². The van der Waals surface area contributed by atoms with Crippen molar-refractivity contribution in [3.05, 3.63) is 59.7 Å². The number of anilines is 2. The summed E-state index contributed by atoms with van der Waals surface area (Å²) in [5.41, 5.74) is -0.250. The number of rotatable bonds is 7. The Kier molecular flexibility index (Phi) is 6.81. The van der Waals surface area contributed by atoms with Crippen molar-refractivity contribution in [3.63, 3.8) is 0 Å². The lowest BCUT2D eigenvalue weighted by molar-refractivity contribution is -0.137. The van der Waals surface area contributed by atoms with Crippen molar-refractivity contribution in [2.75, 3.05) is 18.5 Å². The third-order valence-corrected chi connectivity index (χ3v) is 3.52. The molecule has 27 heavy (non-hydrogen) atoms. The van der Waals surface area contributed by atoms with Gasteiger partial charge in [0.2, 0.25) is 0 Å². The Morgan fingerprint density at radius 1 is 1.07 bits per heavy atom. The maximum Gasteiger partial charge on any atom is 0.416 e. The second-order valence-electron chi connectivity index (χ2n) is 5.68. The third-order valence-electron chi connectivity index (χ3n) is 3.52. The lowest BCUT2D eigenvalue weighted by Crippen LogP contribution is -2.29. The number of halogens is 3. The quantitative estimate of drug-likeness (QED) is 0.709. The van der Waals surface area contributed by atoms with Crippen molar-refractivity contribution in [2.24, 2.45) is 0 Å². The molecule has 2 aromatic carbocycles.